The van der Waals surface area contributed by atoms with E-state index in [9.17, 15) is 0 Å². The monoisotopic (exact) mass is 139 g/mol. The summed E-state index contributed by atoms with van der Waals surface area (Å²) in [6.45, 7) is 0. The van der Waals surface area contributed by atoms with Gasteiger partial charge in [0.05, 0.1) is 5.69 Å². The average molecular weight is 139 g/mol. The summed E-state index contributed by atoms with van der Waals surface area (Å²) < 4.78 is 0. The largest absolute Gasteiger partial charge is 0.371 e. The van der Waals surface area contributed by atoms with E-state index in [0.717, 1.165) is 0 Å². The lowest BCUT2D eigenvalue weighted by Gasteiger charge is -2.05. The second-order valence-electron chi connectivity index (χ2n) is 1.82. The van der Waals surface area contributed by atoms with Gasteiger partial charge in [-0.25, -0.2) is 5.43 Å². The number of aliphatic hydroxyl groups is 1. The van der Waals surface area contributed by atoms with Gasteiger partial charge in [0, 0.05) is 6.20 Å². The minimum atomic E-state index is -0.874. The summed E-state index contributed by atoms with van der Waals surface area (Å²) in [5.41, 5.74) is 2.69. The van der Waals surface area contributed by atoms with Gasteiger partial charge < -0.3 is 5.11 Å². The minimum Gasteiger partial charge on any atom is -0.371 e. The fraction of sp³-hybridized carbons (Fsp3) is 0.167. The van der Waals surface area contributed by atoms with Gasteiger partial charge in [0.2, 0.25) is 0 Å². The van der Waals surface area contributed by atoms with Crippen molar-refractivity contribution in [3.63, 3.8) is 0 Å². The molecule has 1 heterocycles. The molecule has 0 fully saturated rings. The van der Waals surface area contributed by atoms with E-state index >= 15 is 0 Å². The summed E-state index contributed by atoms with van der Waals surface area (Å²) in [4.78, 5) is 3.86. The van der Waals surface area contributed by atoms with Crippen molar-refractivity contribution < 1.29 is 5.11 Å². The highest BCUT2D eigenvalue weighted by atomic mass is 16.3. The number of pyridine rings is 1. The maximum Gasteiger partial charge on any atom is 0.160 e. The molecule has 1 rings (SSSR count). The smallest absolute Gasteiger partial charge is 0.160 e. The quantitative estimate of drug-likeness (QED) is 0.294. The van der Waals surface area contributed by atoms with Gasteiger partial charge in [-0.15, -0.1) is 0 Å². The molecule has 10 heavy (non-hydrogen) atoms. The third-order valence-electron chi connectivity index (χ3n) is 1.13. The number of nitrogens with zero attached hydrogens (tertiary/aromatic N) is 1. The molecule has 0 radical (unpaired) electrons. The van der Waals surface area contributed by atoms with Crippen molar-refractivity contribution in [2.75, 3.05) is 0 Å². The zero-order valence-corrected chi connectivity index (χ0v) is 5.36. The number of hydrogen-bond acceptors (Lipinski definition) is 4. The first-order valence-corrected chi connectivity index (χ1v) is 2.89. The summed E-state index contributed by atoms with van der Waals surface area (Å²) in [6, 6.07) is 5.24. The van der Waals surface area contributed by atoms with Crippen molar-refractivity contribution in [3.8, 4) is 0 Å². The van der Waals surface area contributed by atoms with Crippen molar-refractivity contribution in [3.05, 3.63) is 30.1 Å². The highest BCUT2D eigenvalue weighted by Crippen LogP contribution is 2.01. The maximum absolute atomic E-state index is 9.03. The summed E-state index contributed by atoms with van der Waals surface area (Å²) in [7, 11) is 0. The van der Waals surface area contributed by atoms with Crippen LogP contribution in [0.3, 0.4) is 0 Å². The Hall–Kier alpha value is -0.970. The van der Waals surface area contributed by atoms with E-state index in [1.165, 1.54) is 0 Å². The Morgan fingerprint density at radius 1 is 1.60 bits per heavy atom. The molecule has 0 amide bonds. The summed E-state index contributed by atoms with van der Waals surface area (Å²) in [5, 5.41) is 9.03. The molecule has 0 aromatic carbocycles. The third-order valence-corrected chi connectivity index (χ3v) is 1.13. The number of aliphatic hydroxyl groups excluding tert-OH is 1. The molecule has 1 aromatic rings. The SMILES string of the molecule is NNC(O)c1ccccn1. The van der Waals surface area contributed by atoms with Crippen LogP contribution in [0.25, 0.3) is 0 Å². The van der Waals surface area contributed by atoms with Crippen LogP contribution in [-0.2, 0) is 0 Å². The van der Waals surface area contributed by atoms with E-state index in [4.69, 9.17) is 10.9 Å². The third kappa shape index (κ3) is 1.51. The first kappa shape index (κ1) is 7.14. The van der Waals surface area contributed by atoms with Crippen LogP contribution in [0, 0.1) is 0 Å². The molecule has 54 valence electrons. The molecule has 0 spiro atoms. The molecular formula is C6H9N3O. The number of rotatable bonds is 2. The fourth-order valence-electron chi connectivity index (χ4n) is 0.623. The van der Waals surface area contributed by atoms with Gasteiger partial charge in [-0.3, -0.25) is 10.8 Å². The molecule has 1 atom stereocenters. The Bertz CT molecular complexity index is 189. The van der Waals surface area contributed by atoms with Crippen LogP contribution >= 0.6 is 0 Å². The lowest BCUT2D eigenvalue weighted by Crippen LogP contribution is -2.28. The molecule has 1 unspecified atom stereocenters. The van der Waals surface area contributed by atoms with E-state index in [1.807, 2.05) is 0 Å². The molecule has 4 N–H and O–H groups in total. The topological polar surface area (TPSA) is 71.2 Å². The van der Waals surface area contributed by atoms with Crippen molar-refractivity contribution in [2.45, 2.75) is 6.23 Å². The molecule has 0 saturated carbocycles. The van der Waals surface area contributed by atoms with Crippen LogP contribution in [0.4, 0.5) is 0 Å². The highest BCUT2D eigenvalue weighted by Gasteiger charge is 2.02. The molecule has 4 heteroatoms. The normalized spacial score (nSPS) is 13.0. The zero-order valence-electron chi connectivity index (χ0n) is 5.36. The van der Waals surface area contributed by atoms with Crippen LogP contribution < -0.4 is 11.3 Å². The Balaban J connectivity index is 2.75. The summed E-state index contributed by atoms with van der Waals surface area (Å²) >= 11 is 0. The lowest BCUT2D eigenvalue weighted by atomic mass is 10.3. The van der Waals surface area contributed by atoms with Crippen molar-refractivity contribution in [1.29, 1.82) is 0 Å². The Labute approximate surface area is 58.7 Å². The Morgan fingerprint density at radius 2 is 2.40 bits per heavy atom. The maximum atomic E-state index is 9.03. The van der Waals surface area contributed by atoms with Gasteiger partial charge in [-0.05, 0) is 12.1 Å². The molecular weight excluding hydrogens is 130 g/mol. The zero-order chi connectivity index (χ0) is 7.40. The number of hydrogen-bond donors (Lipinski definition) is 3. The highest BCUT2D eigenvalue weighted by molar-refractivity contribution is 5.05. The van der Waals surface area contributed by atoms with Crippen molar-refractivity contribution >= 4 is 0 Å². The lowest BCUT2D eigenvalue weighted by molar-refractivity contribution is 0.135. The Kier molecular flexibility index (Phi) is 2.33. The molecule has 0 aliphatic rings. The molecule has 0 saturated heterocycles. The number of nitrogens with one attached hydrogen (secondary N) is 1. The first-order valence-electron chi connectivity index (χ1n) is 2.89. The van der Waals surface area contributed by atoms with Crippen molar-refractivity contribution in [2.24, 2.45) is 5.84 Å². The second kappa shape index (κ2) is 3.26. The molecule has 0 aliphatic carbocycles. The van der Waals surface area contributed by atoms with Crippen LogP contribution in [0.1, 0.15) is 11.9 Å². The van der Waals surface area contributed by atoms with E-state index in [-0.39, 0.29) is 0 Å². The van der Waals surface area contributed by atoms with Gasteiger partial charge in [-0.1, -0.05) is 6.07 Å². The summed E-state index contributed by atoms with van der Waals surface area (Å²) in [5.74, 6) is 4.96. The molecule has 0 aliphatic heterocycles. The van der Waals surface area contributed by atoms with Crippen LogP contribution in [0.5, 0.6) is 0 Å². The fourth-order valence-corrected chi connectivity index (χ4v) is 0.623. The number of hydrazine groups is 1. The minimum absolute atomic E-state index is 0.519. The predicted octanol–water partition coefficient (Wildman–Crippen LogP) is -0.464. The molecule has 4 nitrogen and oxygen atoms in total. The van der Waals surface area contributed by atoms with E-state index in [0.29, 0.717) is 5.69 Å². The van der Waals surface area contributed by atoms with Gasteiger partial charge in [0.25, 0.3) is 0 Å². The predicted molar refractivity (Wildman–Crippen MR) is 36.5 cm³/mol. The van der Waals surface area contributed by atoms with Crippen molar-refractivity contribution in [1.82, 2.24) is 10.4 Å². The molecule has 1 aromatic heterocycles. The van der Waals surface area contributed by atoms with Crippen LogP contribution in [0.2, 0.25) is 0 Å². The van der Waals surface area contributed by atoms with E-state index < -0.39 is 6.23 Å². The van der Waals surface area contributed by atoms with E-state index in [2.05, 4.69) is 10.4 Å². The van der Waals surface area contributed by atoms with Gasteiger partial charge in [-0.2, -0.15) is 0 Å². The second-order valence-corrected chi connectivity index (χ2v) is 1.82. The first-order chi connectivity index (χ1) is 4.84. The standard InChI is InChI=1S/C6H9N3O/c7-9-6(10)5-3-1-2-4-8-5/h1-4,6,9-10H,7H2. The number of aromatic nitrogens is 1. The average Bonchev–Trinajstić information content (AvgIpc) is 2.05. The van der Waals surface area contributed by atoms with Gasteiger partial charge in [0.1, 0.15) is 0 Å². The Morgan fingerprint density at radius 3 is 2.90 bits per heavy atom. The molecule has 0 bridgehead atoms. The van der Waals surface area contributed by atoms with Crippen LogP contribution in [-0.4, -0.2) is 10.1 Å². The van der Waals surface area contributed by atoms with Crippen LogP contribution in [0.15, 0.2) is 24.4 Å². The van der Waals surface area contributed by atoms with Gasteiger partial charge in [0.15, 0.2) is 6.23 Å². The summed E-state index contributed by atoms with van der Waals surface area (Å²) in [6.07, 6.45) is 0.719. The van der Waals surface area contributed by atoms with E-state index in [1.54, 1.807) is 24.4 Å². The van der Waals surface area contributed by atoms with Gasteiger partial charge >= 0.3 is 0 Å². The number of nitrogens with two attached hydrogens (primary N) is 1.